The third-order valence-corrected chi connectivity index (χ3v) is 8.41. The third-order valence-electron chi connectivity index (χ3n) is 7.48. The van der Waals surface area contributed by atoms with E-state index in [2.05, 4.69) is 91.2 Å². The van der Waals surface area contributed by atoms with Gasteiger partial charge < -0.3 is 4.90 Å². The van der Waals surface area contributed by atoms with E-state index in [9.17, 15) is 0 Å². The minimum atomic E-state index is 0.604. The van der Waals surface area contributed by atoms with E-state index >= 15 is 0 Å². The first-order chi connectivity index (χ1) is 18.0. The zero-order valence-electron chi connectivity index (χ0n) is 23.3. The molecular formula is C33H45N3S. The second-order valence-corrected chi connectivity index (χ2v) is 11.3. The molecule has 37 heavy (non-hydrogen) atoms. The molecule has 2 atom stereocenters. The molecule has 0 saturated carbocycles. The molecule has 2 saturated heterocycles. The number of thioether (sulfide) groups is 1. The molecule has 0 N–H and O–H groups in total. The van der Waals surface area contributed by atoms with Crippen molar-refractivity contribution in [1.29, 1.82) is 0 Å². The maximum Gasteiger partial charge on any atom is 0.0489 e. The SMILES string of the molecule is C=C/C=C\C.C=C1CN(C2CC3CCC(C2)N3CC/C=C\C)C(/C=C\C(=C/C)c2ccncc2)=C(C)S1. The van der Waals surface area contributed by atoms with Crippen molar-refractivity contribution in [3.05, 3.63) is 107 Å². The summed E-state index contributed by atoms with van der Waals surface area (Å²) in [7, 11) is 0. The number of aromatic nitrogens is 1. The minimum Gasteiger partial charge on any atom is -0.363 e. The van der Waals surface area contributed by atoms with E-state index in [0.717, 1.165) is 18.6 Å². The van der Waals surface area contributed by atoms with Gasteiger partial charge in [0.15, 0.2) is 0 Å². The Morgan fingerprint density at radius 1 is 1.08 bits per heavy atom. The van der Waals surface area contributed by atoms with Crippen molar-refractivity contribution >= 4 is 17.3 Å². The van der Waals surface area contributed by atoms with Crippen molar-refractivity contribution in [3.63, 3.8) is 0 Å². The predicted molar refractivity (Wildman–Crippen MR) is 164 cm³/mol. The molecule has 0 amide bonds. The highest BCUT2D eigenvalue weighted by atomic mass is 32.2. The Morgan fingerprint density at radius 2 is 1.78 bits per heavy atom. The van der Waals surface area contributed by atoms with Gasteiger partial charge in [0.1, 0.15) is 0 Å². The second-order valence-electron chi connectivity index (χ2n) is 9.89. The quantitative estimate of drug-likeness (QED) is 0.255. The predicted octanol–water partition coefficient (Wildman–Crippen LogP) is 8.55. The van der Waals surface area contributed by atoms with Crippen LogP contribution in [0.4, 0.5) is 0 Å². The number of fused-ring (bicyclic) bond motifs is 2. The normalized spacial score (nSPS) is 24.9. The fraction of sp³-hybridized carbons (Fsp3) is 0.424. The van der Waals surface area contributed by atoms with Crippen molar-refractivity contribution in [2.45, 2.75) is 77.9 Å². The number of rotatable bonds is 8. The monoisotopic (exact) mass is 515 g/mol. The van der Waals surface area contributed by atoms with Gasteiger partial charge in [-0.05, 0) is 89.1 Å². The first-order valence-electron chi connectivity index (χ1n) is 13.7. The summed E-state index contributed by atoms with van der Waals surface area (Å²) in [4.78, 5) is 12.3. The average molecular weight is 516 g/mol. The zero-order valence-corrected chi connectivity index (χ0v) is 24.1. The van der Waals surface area contributed by atoms with E-state index in [1.807, 2.05) is 43.2 Å². The van der Waals surface area contributed by atoms with Gasteiger partial charge in [-0.1, -0.05) is 67.5 Å². The van der Waals surface area contributed by atoms with Gasteiger partial charge in [0, 0.05) is 59.1 Å². The van der Waals surface area contributed by atoms with Crippen LogP contribution in [0.1, 0.15) is 65.4 Å². The van der Waals surface area contributed by atoms with Gasteiger partial charge in [0.2, 0.25) is 0 Å². The van der Waals surface area contributed by atoms with E-state index in [1.54, 1.807) is 6.08 Å². The molecule has 3 nitrogen and oxygen atoms in total. The zero-order chi connectivity index (χ0) is 26.6. The van der Waals surface area contributed by atoms with Crippen LogP contribution in [0.15, 0.2) is 102 Å². The van der Waals surface area contributed by atoms with E-state index in [1.165, 1.54) is 65.3 Å². The average Bonchev–Trinajstić information content (AvgIpc) is 3.13. The Hall–Kier alpha value is -2.56. The van der Waals surface area contributed by atoms with Crippen molar-refractivity contribution in [1.82, 2.24) is 14.8 Å². The Bertz CT molecular complexity index is 1030. The number of piperidine rings is 1. The van der Waals surface area contributed by atoms with E-state index in [4.69, 9.17) is 0 Å². The maximum absolute atomic E-state index is 4.35. The highest BCUT2D eigenvalue weighted by Gasteiger charge is 2.42. The lowest BCUT2D eigenvalue weighted by Gasteiger charge is -2.46. The number of allylic oxidation sites excluding steroid dienone is 9. The standard InChI is InChI=1S/C28H37N3S.C5H8/c1-5-7-8-17-30-25-10-11-26(30)19-27(18-25)31-20-21(3)32-22(4)28(31)12-9-23(6-2)24-13-15-29-16-14-24;1-3-5-4-2/h5-7,9,12-16,25-27H,3,8,10-11,17-20H2,1-2,4H3;3-5H,1H2,2H3/b7-5-,12-9-,23-6+;5-4-. The van der Waals surface area contributed by atoms with Crippen LogP contribution in [-0.2, 0) is 0 Å². The van der Waals surface area contributed by atoms with Crippen LogP contribution < -0.4 is 0 Å². The van der Waals surface area contributed by atoms with Gasteiger partial charge in [0.05, 0.1) is 0 Å². The molecule has 198 valence electrons. The fourth-order valence-electron chi connectivity index (χ4n) is 5.78. The molecular weight excluding hydrogens is 470 g/mol. The van der Waals surface area contributed by atoms with Gasteiger partial charge >= 0.3 is 0 Å². The van der Waals surface area contributed by atoms with E-state index < -0.39 is 0 Å². The summed E-state index contributed by atoms with van der Waals surface area (Å²) in [6.07, 6.45) is 27.0. The molecule has 3 aliphatic heterocycles. The largest absolute Gasteiger partial charge is 0.363 e. The van der Waals surface area contributed by atoms with E-state index in [0.29, 0.717) is 6.04 Å². The highest BCUT2D eigenvalue weighted by Crippen LogP contribution is 2.43. The number of hydrogen-bond donors (Lipinski definition) is 0. The summed E-state index contributed by atoms with van der Waals surface area (Å²) in [5.41, 5.74) is 3.83. The van der Waals surface area contributed by atoms with Crippen molar-refractivity contribution in [2.75, 3.05) is 13.1 Å². The third kappa shape index (κ3) is 7.96. The van der Waals surface area contributed by atoms with Crippen LogP contribution in [0.3, 0.4) is 0 Å². The van der Waals surface area contributed by atoms with Crippen LogP contribution in [0.5, 0.6) is 0 Å². The summed E-state index contributed by atoms with van der Waals surface area (Å²) < 4.78 is 0. The van der Waals surface area contributed by atoms with Gasteiger partial charge in [-0.3, -0.25) is 9.88 Å². The van der Waals surface area contributed by atoms with Crippen molar-refractivity contribution in [2.24, 2.45) is 0 Å². The molecule has 2 fully saturated rings. The molecule has 3 aliphatic rings. The van der Waals surface area contributed by atoms with Gasteiger partial charge in [-0.25, -0.2) is 0 Å². The summed E-state index contributed by atoms with van der Waals surface area (Å²) in [6, 6.07) is 6.24. The van der Waals surface area contributed by atoms with Crippen LogP contribution in [0.2, 0.25) is 0 Å². The topological polar surface area (TPSA) is 19.4 Å². The van der Waals surface area contributed by atoms with Crippen LogP contribution >= 0.6 is 11.8 Å². The second kappa shape index (κ2) is 15.0. The number of nitrogens with zero attached hydrogens (tertiary/aromatic N) is 3. The van der Waals surface area contributed by atoms with Crippen molar-refractivity contribution < 1.29 is 0 Å². The lowest BCUT2D eigenvalue weighted by Crippen LogP contribution is -2.51. The van der Waals surface area contributed by atoms with Crippen molar-refractivity contribution in [3.8, 4) is 0 Å². The van der Waals surface area contributed by atoms with Gasteiger partial charge in [-0.15, -0.1) is 0 Å². The minimum absolute atomic E-state index is 0.604. The Morgan fingerprint density at radius 3 is 2.35 bits per heavy atom. The van der Waals surface area contributed by atoms with Crippen LogP contribution in [0.25, 0.3) is 5.57 Å². The molecule has 0 radical (unpaired) electrons. The fourth-order valence-corrected chi connectivity index (χ4v) is 6.71. The lowest BCUT2D eigenvalue weighted by atomic mass is 9.94. The van der Waals surface area contributed by atoms with Crippen LogP contribution in [0, 0.1) is 0 Å². The molecule has 4 rings (SSSR count). The molecule has 0 spiro atoms. The molecule has 4 heteroatoms. The molecule has 0 aromatic carbocycles. The molecule has 1 aromatic rings. The lowest BCUT2D eigenvalue weighted by molar-refractivity contribution is 0.0807. The Labute approximate surface area is 230 Å². The first kappa shape index (κ1) is 29.0. The van der Waals surface area contributed by atoms with E-state index in [-0.39, 0.29) is 0 Å². The number of hydrogen-bond acceptors (Lipinski definition) is 4. The first-order valence-corrected chi connectivity index (χ1v) is 14.5. The highest BCUT2D eigenvalue weighted by molar-refractivity contribution is 8.06. The van der Waals surface area contributed by atoms with Gasteiger partial charge in [0.25, 0.3) is 0 Å². The Kier molecular flexibility index (Phi) is 11.8. The van der Waals surface area contributed by atoms with Gasteiger partial charge in [-0.2, -0.15) is 0 Å². The molecule has 1 aromatic heterocycles. The summed E-state index contributed by atoms with van der Waals surface area (Å²) in [6.45, 7) is 18.4. The molecule has 0 aliphatic carbocycles. The van der Waals surface area contributed by atoms with Crippen LogP contribution in [-0.4, -0.2) is 46.0 Å². The summed E-state index contributed by atoms with van der Waals surface area (Å²) in [5.74, 6) is 0. The smallest absolute Gasteiger partial charge is 0.0489 e. The summed E-state index contributed by atoms with van der Waals surface area (Å²) >= 11 is 1.85. The molecule has 4 heterocycles. The Balaban J connectivity index is 0.000000695. The summed E-state index contributed by atoms with van der Waals surface area (Å²) in [5, 5.41) is 0. The maximum atomic E-state index is 4.35. The molecule has 2 bridgehead atoms. The molecule has 2 unspecified atom stereocenters. The number of pyridine rings is 1.